The molecule has 1 unspecified atom stereocenters. The van der Waals surface area contributed by atoms with Gasteiger partial charge in [-0.25, -0.2) is 4.39 Å². The summed E-state index contributed by atoms with van der Waals surface area (Å²) < 4.78 is 18.8. The van der Waals surface area contributed by atoms with E-state index in [4.69, 9.17) is 4.74 Å². The van der Waals surface area contributed by atoms with E-state index in [0.717, 1.165) is 6.42 Å². The van der Waals surface area contributed by atoms with Crippen molar-refractivity contribution in [3.05, 3.63) is 72.1 Å². The van der Waals surface area contributed by atoms with E-state index in [-0.39, 0.29) is 17.8 Å². The fourth-order valence-corrected chi connectivity index (χ4v) is 2.56. The Kier molecular flexibility index (Phi) is 4.91. The third kappa shape index (κ3) is 4.20. The van der Waals surface area contributed by atoms with E-state index < -0.39 is 6.10 Å². The predicted octanol–water partition coefficient (Wildman–Crippen LogP) is 3.49. The maximum Gasteiger partial charge on any atom is 0.220 e. The zero-order chi connectivity index (χ0) is 16.9. The molecule has 124 valence electrons. The second-order valence-electron chi connectivity index (χ2n) is 5.67. The first-order valence-corrected chi connectivity index (χ1v) is 7.79. The molecule has 2 aromatic carbocycles. The van der Waals surface area contributed by atoms with Crippen LogP contribution >= 0.6 is 0 Å². The highest BCUT2D eigenvalue weighted by molar-refractivity contribution is 5.78. The van der Waals surface area contributed by atoms with Gasteiger partial charge >= 0.3 is 0 Å². The number of carbonyl (C=O) groups excluding carboxylic acids is 1. The number of halogens is 1. The molecule has 1 aliphatic rings. The van der Waals surface area contributed by atoms with Crippen molar-refractivity contribution in [3.63, 3.8) is 0 Å². The highest BCUT2D eigenvalue weighted by Crippen LogP contribution is 2.25. The number of carbonyl (C=O) groups is 1. The summed E-state index contributed by atoms with van der Waals surface area (Å²) in [7, 11) is 0. The smallest absolute Gasteiger partial charge is 0.220 e. The van der Waals surface area contributed by atoms with Gasteiger partial charge in [0.25, 0.3) is 0 Å². The molecule has 4 nitrogen and oxygen atoms in total. The molecule has 3 rings (SSSR count). The van der Waals surface area contributed by atoms with Crippen LogP contribution in [0.5, 0.6) is 11.5 Å². The standard InChI is InChI=1S/C19H18FNO3/c20-14-4-2-6-17(12-14)24-16-5-1-3-13(11-16)18(22)9-7-15-8-10-19(23)21-15/h1-7,9,11-12,15,18,22H,8,10H2,(H,21,23)/b9-7+/t15-,18?/m0/s1. The highest BCUT2D eigenvalue weighted by atomic mass is 19.1. The number of benzene rings is 2. The number of ether oxygens (including phenoxy) is 1. The van der Waals surface area contributed by atoms with Crippen molar-refractivity contribution in [2.75, 3.05) is 0 Å². The minimum Gasteiger partial charge on any atom is -0.457 e. The fourth-order valence-electron chi connectivity index (χ4n) is 2.56. The minimum absolute atomic E-state index is 0.0288. The Hall–Kier alpha value is -2.66. The largest absolute Gasteiger partial charge is 0.457 e. The zero-order valence-electron chi connectivity index (χ0n) is 13.0. The van der Waals surface area contributed by atoms with Gasteiger partial charge in [0.1, 0.15) is 17.3 Å². The van der Waals surface area contributed by atoms with Crippen molar-refractivity contribution < 1.29 is 19.0 Å². The summed E-state index contributed by atoms with van der Waals surface area (Å²) in [4.78, 5) is 11.2. The number of hydrogen-bond donors (Lipinski definition) is 2. The van der Waals surface area contributed by atoms with Crippen LogP contribution in [-0.4, -0.2) is 17.1 Å². The number of rotatable bonds is 5. The number of amides is 1. The van der Waals surface area contributed by atoms with Crippen LogP contribution in [0.4, 0.5) is 4.39 Å². The maximum atomic E-state index is 13.2. The van der Waals surface area contributed by atoms with Crippen LogP contribution in [0.1, 0.15) is 24.5 Å². The lowest BCUT2D eigenvalue weighted by Gasteiger charge is -2.11. The molecule has 1 heterocycles. The van der Waals surface area contributed by atoms with Gasteiger partial charge < -0.3 is 15.2 Å². The molecule has 2 aromatic rings. The van der Waals surface area contributed by atoms with Crippen LogP contribution < -0.4 is 10.1 Å². The molecule has 2 atom stereocenters. The average Bonchev–Trinajstić information content (AvgIpc) is 2.98. The molecular weight excluding hydrogens is 309 g/mol. The van der Waals surface area contributed by atoms with Crippen molar-refractivity contribution in [2.24, 2.45) is 0 Å². The number of aliphatic hydroxyl groups excluding tert-OH is 1. The van der Waals surface area contributed by atoms with E-state index in [2.05, 4.69) is 5.32 Å². The molecule has 5 heteroatoms. The molecule has 24 heavy (non-hydrogen) atoms. The van der Waals surface area contributed by atoms with Crippen LogP contribution in [0.25, 0.3) is 0 Å². The van der Waals surface area contributed by atoms with E-state index in [1.54, 1.807) is 48.6 Å². The first-order valence-electron chi connectivity index (χ1n) is 7.79. The summed E-state index contributed by atoms with van der Waals surface area (Å²) in [6.45, 7) is 0. The molecule has 0 saturated carbocycles. The predicted molar refractivity (Wildman–Crippen MR) is 88.2 cm³/mol. The summed E-state index contributed by atoms with van der Waals surface area (Å²) in [6.07, 6.45) is 3.90. The van der Waals surface area contributed by atoms with E-state index in [9.17, 15) is 14.3 Å². The first-order chi connectivity index (χ1) is 11.6. The molecule has 1 saturated heterocycles. The highest BCUT2D eigenvalue weighted by Gasteiger charge is 2.18. The average molecular weight is 327 g/mol. The molecular formula is C19H18FNO3. The van der Waals surface area contributed by atoms with E-state index in [1.165, 1.54) is 12.1 Å². The van der Waals surface area contributed by atoms with Gasteiger partial charge in [0.15, 0.2) is 0 Å². The second kappa shape index (κ2) is 7.27. The molecule has 0 bridgehead atoms. The maximum absolute atomic E-state index is 13.2. The van der Waals surface area contributed by atoms with Crippen LogP contribution in [0.3, 0.4) is 0 Å². The van der Waals surface area contributed by atoms with Gasteiger partial charge in [0.2, 0.25) is 5.91 Å². The van der Waals surface area contributed by atoms with Crippen LogP contribution in [-0.2, 0) is 4.79 Å². The Morgan fingerprint density at radius 1 is 1.21 bits per heavy atom. The molecule has 1 fully saturated rings. The SMILES string of the molecule is O=C1CC[C@H](/C=C/C(O)c2cccc(Oc3cccc(F)c3)c2)N1. The molecule has 1 amide bonds. The Morgan fingerprint density at radius 3 is 2.67 bits per heavy atom. The van der Waals surface area contributed by atoms with Gasteiger partial charge in [-0.15, -0.1) is 0 Å². The topological polar surface area (TPSA) is 58.6 Å². The monoisotopic (exact) mass is 327 g/mol. The van der Waals surface area contributed by atoms with Crippen LogP contribution in [0.15, 0.2) is 60.7 Å². The van der Waals surface area contributed by atoms with E-state index >= 15 is 0 Å². The Labute approximate surface area is 139 Å². The summed E-state index contributed by atoms with van der Waals surface area (Å²) in [5.74, 6) is 0.570. The van der Waals surface area contributed by atoms with Crippen molar-refractivity contribution in [3.8, 4) is 11.5 Å². The molecule has 0 spiro atoms. The zero-order valence-corrected chi connectivity index (χ0v) is 13.0. The molecule has 0 aliphatic carbocycles. The van der Waals surface area contributed by atoms with Crippen LogP contribution in [0, 0.1) is 5.82 Å². The van der Waals surface area contributed by atoms with Crippen molar-refractivity contribution in [2.45, 2.75) is 25.0 Å². The Balaban J connectivity index is 1.68. The van der Waals surface area contributed by atoms with Crippen molar-refractivity contribution >= 4 is 5.91 Å². The lowest BCUT2D eigenvalue weighted by molar-refractivity contribution is -0.119. The third-order valence-electron chi connectivity index (χ3n) is 3.79. The van der Waals surface area contributed by atoms with Gasteiger partial charge in [-0.05, 0) is 36.2 Å². The molecule has 0 radical (unpaired) electrons. The summed E-state index contributed by atoms with van der Waals surface area (Å²) in [5, 5.41) is 13.1. The lowest BCUT2D eigenvalue weighted by Crippen LogP contribution is -2.23. The number of aliphatic hydroxyl groups is 1. The van der Waals surface area contributed by atoms with Gasteiger partial charge in [0.05, 0.1) is 6.10 Å². The molecule has 0 aromatic heterocycles. The van der Waals surface area contributed by atoms with Crippen molar-refractivity contribution in [1.29, 1.82) is 0 Å². The van der Waals surface area contributed by atoms with E-state index in [1.807, 2.05) is 0 Å². The van der Waals surface area contributed by atoms with Gasteiger partial charge in [-0.1, -0.05) is 30.4 Å². The third-order valence-corrected chi connectivity index (χ3v) is 3.79. The number of nitrogens with one attached hydrogen (secondary N) is 1. The second-order valence-corrected chi connectivity index (χ2v) is 5.67. The van der Waals surface area contributed by atoms with E-state index in [0.29, 0.717) is 23.5 Å². The summed E-state index contributed by atoms with van der Waals surface area (Å²) >= 11 is 0. The molecule has 2 N–H and O–H groups in total. The van der Waals surface area contributed by atoms with Crippen LogP contribution in [0.2, 0.25) is 0 Å². The fraction of sp³-hybridized carbons (Fsp3) is 0.211. The summed E-state index contributed by atoms with van der Waals surface area (Å²) in [6, 6.07) is 12.8. The Bertz CT molecular complexity index is 760. The van der Waals surface area contributed by atoms with Gasteiger partial charge in [0, 0.05) is 18.5 Å². The normalized spacial score (nSPS) is 18.6. The number of hydrogen-bond acceptors (Lipinski definition) is 3. The molecule has 1 aliphatic heterocycles. The minimum atomic E-state index is -0.807. The summed E-state index contributed by atoms with van der Waals surface area (Å²) in [5.41, 5.74) is 0.657. The lowest BCUT2D eigenvalue weighted by atomic mass is 10.1. The quantitative estimate of drug-likeness (QED) is 0.827. The Morgan fingerprint density at radius 2 is 1.96 bits per heavy atom. The van der Waals surface area contributed by atoms with Gasteiger partial charge in [-0.2, -0.15) is 0 Å². The van der Waals surface area contributed by atoms with Crippen molar-refractivity contribution in [1.82, 2.24) is 5.32 Å². The van der Waals surface area contributed by atoms with Gasteiger partial charge in [-0.3, -0.25) is 4.79 Å². The first kappa shape index (κ1) is 16.2.